The van der Waals surface area contributed by atoms with Crippen LogP contribution in [0.5, 0.6) is 11.5 Å². The SMILES string of the molecule is CC(=O)ON(C(N)=O)C1c2ccccc2Oc2ccccc21. The quantitative estimate of drug-likeness (QED) is 0.821. The summed E-state index contributed by atoms with van der Waals surface area (Å²) >= 11 is 0. The van der Waals surface area contributed by atoms with Gasteiger partial charge in [0, 0.05) is 18.1 Å². The van der Waals surface area contributed by atoms with E-state index >= 15 is 0 Å². The molecule has 2 N–H and O–H groups in total. The first-order valence-electron chi connectivity index (χ1n) is 6.71. The van der Waals surface area contributed by atoms with Crippen LogP contribution in [0.4, 0.5) is 4.79 Å². The molecule has 0 saturated heterocycles. The zero-order chi connectivity index (χ0) is 15.7. The van der Waals surface area contributed by atoms with E-state index < -0.39 is 18.0 Å². The number of carbonyl (C=O) groups excluding carboxylic acids is 2. The van der Waals surface area contributed by atoms with Gasteiger partial charge in [-0.2, -0.15) is 0 Å². The van der Waals surface area contributed by atoms with Gasteiger partial charge < -0.3 is 15.3 Å². The summed E-state index contributed by atoms with van der Waals surface area (Å²) in [4.78, 5) is 28.1. The highest BCUT2D eigenvalue weighted by Gasteiger charge is 2.35. The fourth-order valence-electron chi connectivity index (χ4n) is 2.50. The third-order valence-corrected chi connectivity index (χ3v) is 3.33. The summed E-state index contributed by atoms with van der Waals surface area (Å²) in [7, 11) is 0. The maximum atomic E-state index is 11.8. The minimum Gasteiger partial charge on any atom is -0.457 e. The number of para-hydroxylation sites is 2. The van der Waals surface area contributed by atoms with Crippen LogP contribution in [0, 0.1) is 0 Å². The molecule has 0 fully saturated rings. The molecule has 0 radical (unpaired) electrons. The second kappa shape index (κ2) is 5.40. The summed E-state index contributed by atoms with van der Waals surface area (Å²) in [6, 6.07) is 12.9. The molecule has 2 amide bonds. The average molecular weight is 298 g/mol. The number of amides is 2. The summed E-state index contributed by atoms with van der Waals surface area (Å²) in [6.07, 6.45) is 0. The maximum absolute atomic E-state index is 11.8. The summed E-state index contributed by atoms with van der Waals surface area (Å²) < 4.78 is 5.82. The third kappa shape index (κ3) is 2.35. The minimum atomic E-state index is -0.855. The largest absolute Gasteiger partial charge is 0.457 e. The molecule has 0 spiro atoms. The number of carbonyl (C=O) groups is 2. The van der Waals surface area contributed by atoms with E-state index in [-0.39, 0.29) is 0 Å². The molecule has 0 saturated carbocycles. The highest BCUT2D eigenvalue weighted by Crippen LogP contribution is 2.45. The molecule has 2 aromatic rings. The van der Waals surface area contributed by atoms with E-state index in [2.05, 4.69) is 0 Å². The number of nitrogens with zero attached hydrogens (tertiary/aromatic N) is 1. The molecule has 112 valence electrons. The average Bonchev–Trinajstić information content (AvgIpc) is 2.50. The smallest absolute Gasteiger partial charge is 0.348 e. The lowest BCUT2D eigenvalue weighted by molar-refractivity contribution is -0.179. The van der Waals surface area contributed by atoms with E-state index in [9.17, 15) is 9.59 Å². The predicted octanol–water partition coefficient (Wildman–Crippen LogP) is 2.74. The van der Waals surface area contributed by atoms with Gasteiger partial charge in [-0.25, -0.2) is 4.79 Å². The van der Waals surface area contributed by atoms with Crippen molar-refractivity contribution in [2.45, 2.75) is 13.0 Å². The van der Waals surface area contributed by atoms with Crippen LogP contribution in [0.1, 0.15) is 24.1 Å². The Balaban J connectivity index is 2.16. The van der Waals surface area contributed by atoms with E-state index in [4.69, 9.17) is 15.3 Å². The molecule has 0 aliphatic carbocycles. The summed E-state index contributed by atoms with van der Waals surface area (Å²) in [5.41, 5.74) is 6.79. The van der Waals surface area contributed by atoms with Crippen LogP contribution in [0.25, 0.3) is 0 Å². The van der Waals surface area contributed by atoms with Crippen molar-refractivity contribution in [1.82, 2.24) is 5.06 Å². The first kappa shape index (κ1) is 13.9. The molecule has 22 heavy (non-hydrogen) atoms. The molecule has 1 aliphatic heterocycles. The van der Waals surface area contributed by atoms with Crippen molar-refractivity contribution >= 4 is 12.0 Å². The fraction of sp³-hybridized carbons (Fsp3) is 0.125. The zero-order valence-electron chi connectivity index (χ0n) is 11.9. The van der Waals surface area contributed by atoms with Crippen molar-refractivity contribution in [3.8, 4) is 11.5 Å². The molecule has 3 rings (SSSR count). The van der Waals surface area contributed by atoms with Crippen LogP contribution in [0.3, 0.4) is 0 Å². The molecule has 0 bridgehead atoms. The number of urea groups is 1. The highest BCUT2D eigenvalue weighted by molar-refractivity contribution is 5.76. The zero-order valence-corrected chi connectivity index (χ0v) is 11.9. The van der Waals surface area contributed by atoms with Crippen LogP contribution in [0.2, 0.25) is 0 Å². The van der Waals surface area contributed by atoms with Crippen molar-refractivity contribution in [2.24, 2.45) is 5.73 Å². The molecular weight excluding hydrogens is 284 g/mol. The van der Waals surface area contributed by atoms with E-state index in [0.717, 1.165) is 5.06 Å². The van der Waals surface area contributed by atoms with Gasteiger partial charge in [-0.1, -0.05) is 36.4 Å². The lowest BCUT2D eigenvalue weighted by Crippen LogP contribution is -2.41. The minimum absolute atomic E-state index is 0.588. The molecule has 1 aliphatic rings. The number of hydrogen-bond acceptors (Lipinski definition) is 4. The van der Waals surface area contributed by atoms with Crippen molar-refractivity contribution in [3.05, 3.63) is 59.7 Å². The molecule has 0 aromatic heterocycles. The lowest BCUT2D eigenvalue weighted by atomic mass is 9.94. The van der Waals surface area contributed by atoms with Crippen molar-refractivity contribution in [2.75, 3.05) is 0 Å². The van der Waals surface area contributed by atoms with Gasteiger partial charge in [0.2, 0.25) is 0 Å². The van der Waals surface area contributed by atoms with Crippen molar-refractivity contribution < 1.29 is 19.2 Å². The Kier molecular flexibility index (Phi) is 3.42. The van der Waals surface area contributed by atoms with Gasteiger partial charge in [0.1, 0.15) is 17.5 Å². The molecule has 6 heteroatoms. The highest BCUT2D eigenvalue weighted by atomic mass is 16.7. The number of benzene rings is 2. The van der Waals surface area contributed by atoms with Gasteiger partial charge in [-0.15, -0.1) is 5.06 Å². The van der Waals surface area contributed by atoms with Gasteiger partial charge in [0.15, 0.2) is 0 Å². The number of ether oxygens (including phenoxy) is 1. The first-order valence-corrected chi connectivity index (χ1v) is 6.71. The molecule has 2 aromatic carbocycles. The molecular formula is C16H14N2O4. The summed E-state index contributed by atoms with van der Waals surface area (Å²) in [6.45, 7) is 1.22. The molecule has 0 atom stereocenters. The van der Waals surface area contributed by atoms with E-state index in [0.29, 0.717) is 22.6 Å². The van der Waals surface area contributed by atoms with E-state index in [1.165, 1.54) is 6.92 Å². The maximum Gasteiger partial charge on any atom is 0.348 e. The Bertz CT molecular complexity index is 699. The lowest BCUT2D eigenvalue weighted by Gasteiger charge is -2.33. The van der Waals surface area contributed by atoms with Crippen molar-refractivity contribution in [3.63, 3.8) is 0 Å². The summed E-state index contributed by atoms with van der Waals surface area (Å²) in [5.74, 6) is 0.550. The third-order valence-electron chi connectivity index (χ3n) is 3.33. The van der Waals surface area contributed by atoms with Crippen LogP contribution < -0.4 is 10.5 Å². The number of fused-ring (bicyclic) bond motifs is 2. The molecule has 6 nitrogen and oxygen atoms in total. The number of hydroxylamine groups is 2. The molecule has 1 heterocycles. The summed E-state index contributed by atoms with van der Waals surface area (Å²) in [5, 5.41) is 0.877. The Morgan fingerprint density at radius 3 is 2.00 bits per heavy atom. The first-order chi connectivity index (χ1) is 10.6. The van der Waals surface area contributed by atoms with Crippen LogP contribution in [0.15, 0.2) is 48.5 Å². The second-order valence-electron chi connectivity index (χ2n) is 4.83. The topological polar surface area (TPSA) is 81.9 Å². The van der Waals surface area contributed by atoms with Gasteiger partial charge in [0.05, 0.1) is 0 Å². The Morgan fingerprint density at radius 1 is 1.05 bits per heavy atom. The predicted molar refractivity (Wildman–Crippen MR) is 78.0 cm³/mol. The number of nitrogens with two attached hydrogens (primary N) is 1. The fourth-order valence-corrected chi connectivity index (χ4v) is 2.50. The standard InChI is InChI=1S/C16H14N2O4/c1-10(19)22-18(16(17)20)15-11-6-2-4-8-13(11)21-14-9-5-3-7-12(14)15/h2-9,15H,1H3,(H2,17,20). The number of primary amides is 1. The van der Waals surface area contributed by atoms with Gasteiger partial charge in [-0.05, 0) is 12.1 Å². The monoisotopic (exact) mass is 298 g/mol. The van der Waals surface area contributed by atoms with Gasteiger partial charge in [0.25, 0.3) is 0 Å². The van der Waals surface area contributed by atoms with Crippen LogP contribution >= 0.6 is 0 Å². The Labute approximate surface area is 127 Å². The Morgan fingerprint density at radius 2 is 1.55 bits per heavy atom. The van der Waals surface area contributed by atoms with Crippen LogP contribution in [-0.4, -0.2) is 17.1 Å². The van der Waals surface area contributed by atoms with Gasteiger partial charge >= 0.3 is 12.0 Å². The Hall–Kier alpha value is -3.02. The van der Waals surface area contributed by atoms with E-state index in [1.807, 2.05) is 24.3 Å². The number of rotatable bonds is 1. The van der Waals surface area contributed by atoms with E-state index in [1.54, 1.807) is 24.3 Å². The number of hydrogen-bond donors (Lipinski definition) is 1. The van der Waals surface area contributed by atoms with Gasteiger partial charge in [-0.3, -0.25) is 4.79 Å². The van der Waals surface area contributed by atoms with Crippen LogP contribution in [-0.2, 0) is 9.63 Å². The second-order valence-corrected chi connectivity index (χ2v) is 4.83. The molecule has 0 unspecified atom stereocenters. The normalized spacial score (nSPS) is 12.6. The van der Waals surface area contributed by atoms with Crippen molar-refractivity contribution in [1.29, 1.82) is 0 Å².